The number of halogens is 1. The maximum absolute atomic E-state index is 11.6. The second-order valence-corrected chi connectivity index (χ2v) is 6.33. The van der Waals surface area contributed by atoms with E-state index >= 15 is 0 Å². The van der Waals surface area contributed by atoms with Gasteiger partial charge in [0.05, 0.1) is 16.8 Å². The SMILES string of the molecule is Cc1ccc(Nc2c(C(=O)O)cnc3ccc(C(=O)O)cc23)cc1Br. The average Bonchev–Trinajstić information content (AvgIpc) is 2.57. The van der Waals surface area contributed by atoms with Gasteiger partial charge < -0.3 is 15.5 Å². The lowest BCUT2D eigenvalue weighted by Crippen LogP contribution is -2.06. The molecule has 0 fully saturated rings. The summed E-state index contributed by atoms with van der Waals surface area (Å²) in [5.74, 6) is -2.24. The third-order valence-electron chi connectivity index (χ3n) is 3.79. The van der Waals surface area contributed by atoms with E-state index in [2.05, 4.69) is 26.2 Å². The topological polar surface area (TPSA) is 99.5 Å². The molecule has 1 aromatic heterocycles. The van der Waals surface area contributed by atoms with Crippen LogP contribution in [-0.2, 0) is 0 Å². The highest BCUT2D eigenvalue weighted by atomic mass is 79.9. The van der Waals surface area contributed by atoms with Gasteiger partial charge >= 0.3 is 11.9 Å². The van der Waals surface area contributed by atoms with Crippen LogP contribution in [0.5, 0.6) is 0 Å². The van der Waals surface area contributed by atoms with Gasteiger partial charge in [-0.25, -0.2) is 9.59 Å². The van der Waals surface area contributed by atoms with Crippen LogP contribution >= 0.6 is 15.9 Å². The molecule has 0 saturated carbocycles. The van der Waals surface area contributed by atoms with E-state index in [0.29, 0.717) is 22.3 Å². The molecular weight excluding hydrogens is 388 g/mol. The molecule has 3 rings (SSSR count). The normalized spacial score (nSPS) is 10.6. The number of aromatic nitrogens is 1. The third-order valence-corrected chi connectivity index (χ3v) is 4.64. The lowest BCUT2D eigenvalue weighted by atomic mass is 10.1. The zero-order chi connectivity index (χ0) is 18.1. The second-order valence-electron chi connectivity index (χ2n) is 5.48. The lowest BCUT2D eigenvalue weighted by Gasteiger charge is -2.14. The number of nitrogens with one attached hydrogen (secondary N) is 1. The number of aromatic carboxylic acids is 2. The first-order chi connectivity index (χ1) is 11.9. The Kier molecular flexibility index (Phi) is 4.41. The van der Waals surface area contributed by atoms with Crippen LogP contribution in [0.4, 0.5) is 11.4 Å². The summed E-state index contributed by atoms with van der Waals surface area (Å²) in [5.41, 5.74) is 2.54. The zero-order valence-corrected chi connectivity index (χ0v) is 14.7. The Hall–Kier alpha value is -2.93. The van der Waals surface area contributed by atoms with E-state index < -0.39 is 11.9 Å². The zero-order valence-electron chi connectivity index (χ0n) is 13.1. The summed E-state index contributed by atoms with van der Waals surface area (Å²) >= 11 is 3.44. The molecule has 6 nitrogen and oxygen atoms in total. The minimum absolute atomic E-state index is 0.0354. The molecule has 7 heteroatoms. The van der Waals surface area contributed by atoms with Gasteiger partial charge in [0, 0.05) is 21.7 Å². The summed E-state index contributed by atoms with van der Waals surface area (Å²) in [4.78, 5) is 27.0. The molecule has 0 aliphatic rings. The summed E-state index contributed by atoms with van der Waals surface area (Å²) in [7, 11) is 0. The summed E-state index contributed by atoms with van der Waals surface area (Å²) in [6, 6.07) is 9.94. The fourth-order valence-electron chi connectivity index (χ4n) is 2.44. The number of carboxylic acid groups (broad SMARTS) is 2. The number of rotatable bonds is 4. The van der Waals surface area contributed by atoms with Crippen molar-refractivity contribution in [2.24, 2.45) is 0 Å². The van der Waals surface area contributed by atoms with Crippen LogP contribution in [0.2, 0.25) is 0 Å². The highest BCUT2D eigenvalue weighted by molar-refractivity contribution is 9.10. The standard InChI is InChI=1S/C18H13BrN2O4/c1-9-2-4-11(7-14(9)19)21-16-12-6-10(17(22)23)3-5-15(12)20-8-13(16)18(24)25/h2-8H,1H3,(H,20,21)(H,22,23)(H,24,25). The Balaban J connectivity index is 2.22. The maximum Gasteiger partial charge on any atom is 0.339 e. The van der Waals surface area contributed by atoms with Crippen LogP contribution < -0.4 is 5.32 Å². The van der Waals surface area contributed by atoms with E-state index in [1.165, 1.54) is 18.3 Å². The smallest absolute Gasteiger partial charge is 0.339 e. The van der Waals surface area contributed by atoms with Crippen LogP contribution in [0.3, 0.4) is 0 Å². The van der Waals surface area contributed by atoms with Crippen molar-refractivity contribution in [3.8, 4) is 0 Å². The van der Waals surface area contributed by atoms with Crippen LogP contribution in [-0.4, -0.2) is 27.1 Å². The number of carbonyl (C=O) groups is 2. The van der Waals surface area contributed by atoms with Gasteiger partial charge in [-0.15, -0.1) is 0 Å². The molecule has 0 radical (unpaired) electrons. The van der Waals surface area contributed by atoms with Crippen LogP contribution in [0.15, 0.2) is 47.1 Å². The van der Waals surface area contributed by atoms with Crippen molar-refractivity contribution in [2.75, 3.05) is 5.32 Å². The van der Waals surface area contributed by atoms with Crippen molar-refractivity contribution in [1.29, 1.82) is 0 Å². The second kappa shape index (κ2) is 6.52. The van der Waals surface area contributed by atoms with Gasteiger partial charge in [-0.2, -0.15) is 0 Å². The van der Waals surface area contributed by atoms with Gasteiger partial charge in [0.25, 0.3) is 0 Å². The summed E-state index contributed by atoms with van der Waals surface area (Å²) in [6.45, 7) is 1.94. The molecule has 0 amide bonds. The van der Waals surface area contributed by atoms with Crippen molar-refractivity contribution in [1.82, 2.24) is 4.98 Å². The molecular formula is C18H13BrN2O4. The monoisotopic (exact) mass is 400 g/mol. The first-order valence-electron chi connectivity index (χ1n) is 7.29. The number of pyridine rings is 1. The molecule has 2 aromatic carbocycles. The number of hydrogen-bond donors (Lipinski definition) is 3. The minimum atomic E-state index is -1.15. The van der Waals surface area contributed by atoms with Gasteiger partial charge in [-0.1, -0.05) is 22.0 Å². The summed E-state index contributed by atoms with van der Waals surface area (Å²) in [5, 5.41) is 22.2. The number of fused-ring (bicyclic) bond motifs is 1. The maximum atomic E-state index is 11.6. The highest BCUT2D eigenvalue weighted by Gasteiger charge is 2.17. The van der Waals surface area contributed by atoms with Crippen molar-refractivity contribution < 1.29 is 19.8 Å². The Labute approximate surface area is 151 Å². The molecule has 0 saturated heterocycles. The molecule has 0 atom stereocenters. The number of carboxylic acids is 2. The molecule has 1 heterocycles. The number of aryl methyl sites for hydroxylation is 1. The predicted molar refractivity (Wildman–Crippen MR) is 97.8 cm³/mol. The quantitative estimate of drug-likeness (QED) is 0.598. The van der Waals surface area contributed by atoms with Gasteiger partial charge in [0.1, 0.15) is 5.56 Å². The van der Waals surface area contributed by atoms with Crippen molar-refractivity contribution in [3.63, 3.8) is 0 Å². The minimum Gasteiger partial charge on any atom is -0.478 e. The van der Waals surface area contributed by atoms with E-state index in [0.717, 1.165) is 10.0 Å². The molecule has 0 aliphatic heterocycles. The third kappa shape index (κ3) is 3.32. The van der Waals surface area contributed by atoms with E-state index in [1.54, 1.807) is 6.07 Å². The van der Waals surface area contributed by atoms with E-state index in [4.69, 9.17) is 0 Å². The molecule has 0 bridgehead atoms. The molecule has 3 aromatic rings. The van der Waals surface area contributed by atoms with Gasteiger partial charge in [0.2, 0.25) is 0 Å². The van der Waals surface area contributed by atoms with Crippen molar-refractivity contribution >= 4 is 50.1 Å². The fraction of sp³-hybridized carbons (Fsp3) is 0.0556. The molecule has 3 N–H and O–H groups in total. The van der Waals surface area contributed by atoms with E-state index in [9.17, 15) is 19.8 Å². The Morgan fingerprint density at radius 3 is 2.48 bits per heavy atom. The van der Waals surface area contributed by atoms with Crippen LogP contribution in [0, 0.1) is 6.92 Å². The fourth-order valence-corrected chi connectivity index (χ4v) is 2.82. The van der Waals surface area contributed by atoms with Crippen LogP contribution in [0.25, 0.3) is 10.9 Å². The Bertz CT molecular complexity index is 1010. The van der Waals surface area contributed by atoms with Gasteiger partial charge in [-0.3, -0.25) is 4.98 Å². The number of anilines is 2. The molecule has 0 spiro atoms. The lowest BCUT2D eigenvalue weighted by molar-refractivity contribution is 0.0687. The number of hydrogen-bond acceptors (Lipinski definition) is 4. The molecule has 126 valence electrons. The molecule has 0 unspecified atom stereocenters. The predicted octanol–water partition coefficient (Wildman–Crippen LogP) is 4.45. The van der Waals surface area contributed by atoms with Gasteiger partial charge in [0.15, 0.2) is 0 Å². The first kappa shape index (κ1) is 16.9. The molecule has 0 aliphatic carbocycles. The van der Waals surface area contributed by atoms with Gasteiger partial charge in [-0.05, 0) is 42.8 Å². The summed E-state index contributed by atoms with van der Waals surface area (Å²) < 4.78 is 0.874. The largest absolute Gasteiger partial charge is 0.478 e. The number of nitrogens with zero attached hydrogens (tertiary/aromatic N) is 1. The summed E-state index contributed by atoms with van der Waals surface area (Å²) in [6.07, 6.45) is 1.26. The first-order valence-corrected chi connectivity index (χ1v) is 8.08. The molecule has 25 heavy (non-hydrogen) atoms. The van der Waals surface area contributed by atoms with E-state index in [-0.39, 0.29) is 11.1 Å². The average molecular weight is 401 g/mol. The number of benzene rings is 2. The van der Waals surface area contributed by atoms with Crippen LogP contribution in [0.1, 0.15) is 26.3 Å². The highest BCUT2D eigenvalue weighted by Crippen LogP contribution is 2.31. The Morgan fingerprint density at radius 1 is 1.08 bits per heavy atom. The van der Waals surface area contributed by atoms with Crippen molar-refractivity contribution in [3.05, 3.63) is 63.8 Å². The Morgan fingerprint density at radius 2 is 1.84 bits per heavy atom. The van der Waals surface area contributed by atoms with Crippen molar-refractivity contribution in [2.45, 2.75) is 6.92 Å². The van der Waals surface area contributed by atoms with E-state index in [1.807, 2.05) is 25.1 Å².